The van der Waals surface area contributed by atoms with Crippen LogP contribution in [0.3, 0.4) is 0 Å². The summed E-state index contributed by atoms with van der Waals surface area (Å²) in [5.74, 6) is 1.07. The van der Waals surface area contributed by atoms with Crippen molar-refractivity contribution in [3.05, 3.63) is 29.3 Å². The Kier molecular flexibility index (Phi) is 9.58. The van der Waals surface area contributed by atoms with Gasteiger partial charge >= 0.3 is 0 Å². The molecule has 0 heterocycles. The minimum absolute atomic E-state index is 0.154. The van der Waals surface area contributed by atoms with E-state index in [4.69, 9.17) is 4.74 Å². The summed E-state index contributed by atoms with van der Waals surface area (Å²) in [4.78, 5) is 0. The average Bonchev–Trinajstić information content (AvgIpc) is 2.57. The van der Waals surface area contributed by atoms with Crippen LogP contribution in [0, 0.1) is 0 Å². The third-order valence-corrected chi connectivity index (χ3v) is 5.01. The van der Waals surface area contributed by atoms with E-state index in [1.807, 2.05) is 13.8 Å². The van der Waals surface area contributed by atoms with Crippen molar-refractivity contribution in [1.82, 2.24) is 0 Å². The number of ether oxygens (including phenoxy) is 1. The number of benzene rings is 1. The Morgan fingerprint density at radius 3 is 1.91 bits per heavy atom. The SMILES string of the molecule is CC.CCCCOc1ccc(C(C)(C)CC)cc1C(C)(C)CC. The Balaban J connectivity index is 0.00000232. The van der Waals surface area contributed by atoms with Crippen molar-refractivity contribution in [2.24, 2.45) is 0 Å². The second-order valence-electron chi connectivity index (χ2n) is 7.39. The molecule has 0 bridgehead atoms. The van der Waals surface area contributed by atoms with Gasteiger partial charge < -0.3 is 4.74 Å². The predicted molar refractivity (Wildman–Crippen MR) is 105 cm³/mol. The molecule has 0 saturated heterocycles. The lowest BCUT2D eigenvalue weighted by molar-refractivity contribution is 0.298. The van der Waals surface area contributed by atoms with Crippen LogP contribution in [0.4, 0.5) is 0 Å². The highest BCUT2D eigenvalue weighted by molar-refractivity contribution is 5.44. The third kappa shape index (κ3) is 6.20. The largest absolute Gasteiger partial charge is 0.493 e. The van der Waals surface area contributed by atoms with E-state index in [2.05, 4.69) is 66.7 Å². The smallest absolute Gasteiger partial charge is 0.123 e. The van der Waals surface area contributed by atoms with Gasteiger partial charge in [0, 0.05) is 5.56 Å². The highest BCUT2D eigenvalue weighted by atomic mass is 16.5. The summed E-state index contributed by atoms with van der Waals surface area (Å²) in [5.41, 5.74) is 3.16. The van der Waals surface area contributed by atoms with Crippen molar-refractivity contribution in [1.29, 1.82) is 0 Å². The van der Waals surface area contributed by atoms with Gasteiger partial charge in [0.05, 0.1) is 6.61 Å². The van der Waals surface area contributed by atoms with Gasteiger partial charge in [0.15, 0.2) is 0 Å². The molecule has 1 nitrogen and oxygen atoms in total. The van der Waals surface area contributed by atoms with Gasteiger partial charge in [0.2, 0.25) is 0 Å². The van der Waals surface area contributed by atoms with Gasteiger partial charge in [-0.3, -0.25) is 0 Å². The van der Waals surface area contributed by atoms with Crippen molar-refractivity contribution in [3.8, 4) is 5.75 Å². The molecule has 0 aliphatic carbocycles. The molecule has 0 aromatic heterocycles. The molecule has 0 fully saturated rings. The number of unbranched alkanes of at least 4 members (excludes halogenated alkanes) is 1. The normalized spacial score (nSPS) is 11.7. The molecule has 0 radical (unpaired) electrons. The standard InChI is InChI=1S/C20H34O.C2H6/c1-8-11-14-21-18-13-12-16(19(4,5)9-2)15-17(18)20(6,7)10-3;1-2/h12-13,15H,8-11,14H2,1-7H3;1-2H3. The van der Waals surface area contributed by atoms with Crippen molar-refractivity contribution < 1.29 is 4.74 Å². The molecular formula is C22H40O. The van der Waals surface area contributed by atoms with E-state index in [9.17, 15) is 0 Å². The highest BCUT2D eigenvalue weighted by Gasteiger charge is 2.26. The summed E-state index contributed by atoms with van der Waals surface area (Å²) in [6, 6.07) is 6.82. The molecule has 23 heavy (non-hydrogen) atoms. The number of hydrogen-bond acceptors (Lipinski definition) is 1. The number of hydrogen-bond donors (Lipinski definition) is 0. The van der Waals surface area contributed by atoms with E-state index in [0.29, 0.717) is 0 Å². The molecule has 0 N–H and O–H groups in total. The molecular weight excluding hydrogens is 280 g/mol. The quantitative estimate of drug-likeness (QED) is 0.458. The Morgan fingerprint density at radius 2 is 1.43 bits per heavy atom. The van der Waals surface area contributed by atoms with Gasteiger partial charge in [-0.25, -0.2) is 0 Å². The topological polar surface area (TPSA) is 9.23 Å². The maximum Gasteiger partial charge on any atom is 0.123 e. The summed E-state index contributed by atoms with van der Waals surface area (Å²) in [7, 11) is 0. The Labute approximate surface area is 145 Å². The van der Waals surface area contributed by atoms with Crippen LogP contribution in [0.2, 0.25) is 0 Å². The molecule has 134 valence electrons. The fraction of sp³-hybridized carbons (Fsp3) is 0.727. The molecule has 1 rings (SSSR count). The van der Waals surface area contributed by atoms with Gasteiger partial charge in [0.1, 0.15) is 5.75 Å². The summed E-state index contributed by atoms with van der Waals surface area (Å²) in [5, 5.41) is 0. The molecule has 1 heteroatoms. The van der Waals surface area contributed by atoms with Crippen LogP contribution in [0.5, 0.6) is 5.75 Å². The fourth-order valence-electron chi connectivity index (χ4n) is 2.33. The molecule has 1 aromatic rings. The molecule has 0 saturated carbocycles. The van der Waals surface area contributed by atoms with Crippen LogP contribution < -0.4 is 4.74 Å². The lowest BCUT2D eigenvalue weighted by atomic mass is 9.76. The maximum absolute atomic E-state index is 6.07. The number of rotatable bonds is 8. The van der Waals surface area contributed by atoms with E-state index >= 15 is 0 Å². The second kappa shape index (κ2) is 10.0. The van der Waals surface area contributed by atoms with Crippen molar-refractivity contribution >= 4 is 0 Å². The molecule has 0 aliphatic heterocycles. The zero-order chi connectivity index (χ0) is 18.1. The van der Waals surface area contributed by atoms with Crippen molar-refractivity contribution in [3.63, 3.8) is 0 Å². The van der Waals surface area contributed by atoms with Crippen LogP contribution in [0.15, 0.2) is 18.2 Å². The van der Waals surface area contributed by atoms with Gasteiger partial charge in [-0.15, -0.1) is 0 Å². The fourth-order valence-corrected chi connectivity index (χ4v) is 2.33. The van der Waals surface area contributed by atoms with Crippen molar-refractivity contribution in [2.75, 3.05) is 6.61 Å². The zero-order valence-corrected chi connectivity index (χ0v) is 17.2. The van der Waals surface area contributed by atoms with Crippen molar-refractivity contribution in [2.45, 2.75) is 98.8 Å². The third-order valence-electron chi connectivity index (χ3n) is 5.01. The minimum Gasteiger partial charge on any atom is -0.493 e. The second-order valence-corrected chi connectivity index (χ2v) is 7.39. The highest BCUT2D eigenvalue weighted by Crippen LogP contribution is 2.38. The van der Waals surface area contributed by atoms with Crippen LogP contribution in [-0.2, 0) is 10.8 Å². The Bertz CT molecular complexity index is 443. The molecule has 0 amide bonds. The van der Waals surface area contributed by atoms with Gasteiger partial charge in [-0.2, -0.15) is 0 Å². The molecule has 0 atom stereocenters. The summed E-state index contributed by atoms with van der Waals surface area (Å²) in [6.07, 6.45) is 4.56. The van der Waals surface area contributed by atoms with Gasteiger partial charge in [-0.1, -0.05) is 80.9 Å². The monoisotopic (exact) mass is 320 g/mol. The Morgan fingerprint density at radius 1 is 0.870 bits per heavy atom. The van der Waals surface area contributed by atoms with E-state index in [0.717, 1.165) is 31.6 Å². The first-order chi connectivity index (χ1) is 10.8. The van der Waals surface area contributed by atoms with E-state index in [1.54, 1.807) is 0 Å². The average molecular weight is 321 g/mol. The molecule has 0 aliphatic rings. The summed E-state index contributed by atoms with van der Waals surface area (Å²) in [6.45, 7) is 20.8. The van der Waals surface area contributed by atoms with Crippen LogP contribution in [0.1, 0.15) is 99.1 Å². The first kappa shape index (κ1) is 22.0. The molecule has 0 unspecified atom stereocenters. The van der Waals surface area contributed by atoms with Crippen LogP contribution >= 0.6 is 0 Å². The van der Waals surface area contributed by atoms with Gasteiger partial charge in [-0.05, 0) is 41.7 Å². The van der Waals surface area contributed by atoms with E-state index in [-0.39, 0.29) is 10.8 Å². The van der Waals surface area contributed by atoms with E-state index < -0.39 is 0 Å². The first-order valence-corrected chi connectivity index (χ1v) is 9.56. The van der Waals surface area contributed by atoms with Crippen LogP contribution in [-0.4, -0.2) is 6.61 Å². The lowest BCUT2D eigenvalue weighted by Gasteiger charge is -2.30. The van der Waals surface area contributed by atoms with Crippen LogP contribution in [0.25, 0.3) is 0 Å². The first-order valence-electron chi connectivity index (χ1n) is 9.56. The lowest BCUT2D eigenvalue weighted by Crippen LogP contribution is -2.21. The Hall–Kier alpha value is -0.980. The molecule has 1 aromatic carbocycles. The van der Waals surface area contributed by atoms with Gasteiger partial charge in [0.25, 0.3) is 0 Å². The molecule has 0 spiro atoms. The van der Waals surface area contributed by atoms with E-state index in [1.165, 1.54) is 17.5 Å². The minimum atomic E-state index is 0.154. The maximum atomic E-state index is 6.07. The summed E-state index contributed by atoms with van der Waals surface area (Å²) < 4.78 is 6.07. The zero-order valence-electron chi connectivity index (χ0n) is 17.2. The summed E-state index contributed by atoms with van der Waals surface area (Å²) >= 11 is 0. The predicted octanol–water partition coefficient (Wildman–Crippen LogP) is 7.27.